The van der Waals surface area contributed by atoms with Crippen LogP contribution in [-0.4, -0.2) is 30.0 Å². The van der Waals surface area contributed by atoms with Gasteiger partial charge in [-0.3, -0.25) is 4.68 Å². The first-order valence-electron chi connectivity index (χ1n) is 6.35. The van der Waals surface area contributed by atoms with Gasteiger partial charge in [0.1, 0.15) is 5.82 Å². The molecule has 2 rings (SSSR count). The van der Waals surface area contributed by atoms with E-state index in [9.17, 15) is 4.39 Å². The van der Waals surface area contributed by atoms with Crippen LogP contribution in [0, 0.1) is 5.82 Å². The minimum absolute atomic E-state index is 0.314. The summed E-state index contributed by atoms with van der Waals surface area (Å²) in [6.07, 6.45) is 1.71. The van der Waals surface area contributed by atoms with Crippen LogP contribution in [0.1, 0.15) is 11.3 Å². The van der Waals surface area contributed by atoms with Crippen LogP contribution in [0.2, 0.25) is 5.02 Å². The third-order valence-corrected chi connectivity index (χ3v) is 3.16. The standard InChI is InChI=1S/C14H17ClFN3O/c1-20-7-6-17-9-13-4-5-18-19(13)10-11-2-3-12(15)8-14(11)16/h2-5,8,17H,6-7,9-10H2,1H3. The number of rotatable bonds is 7. The Bertz CT molecular complexity index is 559. The molecule has 0 atom stereocenters. The van der Waals surface area contributed by atoms with Gasteiger partial charge in [-0.05, 0) is 18.2 Å². The summed E-state index contributed by atoms with van der Waals surface area (Å²) in [5, 5.41) is 7.85. The molecule has 2 aromatic rings. The summed E-state index contributed by atoms with van der Waals surface area (Å²) in [4.78, 5) is 0. The molecule has 1 aromatic heterocycles. The van der Waals surface area contributed by atoms with E-state index in [1.807, 2.05) is 6.07 Å². The van der Waals surface area contributed by atoms with Gasteiger partial charge < -0.3 is 10.1 Å². The van der Waals surface area contributed by atoms with E-state index < -0.39 is 0 Å². The van der Waals surface area contributed by atoms with Crippen LogP contribution in [0.15, 0.2) is 30.5 Å². The highest BCUT2D eigenvalue weighted by molar-refractivity contribution is 6.30. The zero-order valence-electron chi connectivity index (χ0n) is 11.3. The lowest BCUT2D eigenvalue weighted by Crippen LogP contribution is -2.21. The molecule has 0 saturated carbocycles. The number of benzene rings is 1. The van der Waals surface area contributed by atoms with Gasteiger partial charge >= 0.3 is 0 Å². The Hall–Kier alpha value is -1.43. The summed E-state index contributed by atoms with van der Waals surface area (Å²) < 4.78 is 20.5. The van der Waals surface area contributed by atoms with Crippen molar-refractivity contribution in [1.29, 1.82) is 0 Å². The fraction of sp³-hybridized carbons (Fsp3) is 0.357. The first-order valence-corrected chi connectivity index (χ1v) is 6.73. The number of hydrogen-bond donors (Lipinski definition) is 1. The lowest BCUT2D eigenvalue weighted by Gasteiger charge is -2.09. The maximum atomic E-state index is 13.8. The van der Waals surface area contributed by atoms with Crippen LogP contribution in [-0.2, 0) is 17.8 Å². The smallest absolute Gasteiger partial charge is 0.129 e. The van der Waals surface area contributed by atoms with Crippen molar-refractivity contribution in [2.75, 3.05) is 20.3 Å². The van der Waals surface area contributed by atoms with Crippen molar-refractivity contribution in [2.24, 2.45) is 0 Å². The van der Waals surface area contributed by atoms with E-state index in [1.54, 1.807) is 30.1 Å². The number of nitrogens with one attached hydrogen (secondary N) is 1. The fourth-order valence-corrected chi connectivity index (χ4v) is 2.01. The zero-order valence-corrected chi connectivity index (χ0v) is 12.0. The Morgan fingerprint density at radius 3 is 3.00 bits per heavy atom. The van der Waals surface area contributed by atoms with Gasteiger partial charge in [0.05, 0.1) is 18.8 Å². The van der Waals surface area contributed by atoms with Crippen LogP contribution in [0.5, 0.6) is 0 Å². The monoisotopic (exact) mass is 297 g/mol. The molecule has 0 fully saturated rings. The summed E-state index contributed by atoms with van der Waals surface area (Å²) >= 11 is 5.74. The summed E-state index contributed by atoms with van der Waals surface area (Å²) in [6.45, 7) is 2.47. The number of ether oxygens (including phenoxy) is 1. The minimum atomic E-state index is -0.314. The Balaban J connectivity index is 2.01. The Labute approximate surface area is 122 Å². The van der Waals surface area contributed by atoms with Crippen molar-refractivity contribution in [3.8, 4) is 0 Å². The maximum absolute atomic E-state index is 13.8. The van der Waals surface area contributed by atoms with Gasteiger partial charge in [0.25, 0.3) is 0 Å². The Morgan fingerprint density at radius 2 is 2.25 bits per heavy atom. The molecule has 0 aliphatic heterocycles. The predicted molar refractivity (Wildman–Crippen MR) is 76.3 cm³/mol. The largest absolute Gasteiger partial charge is 0.383 e. The van der Waals surface area contributed by atoms with Gasteiger partial charge in [-0.15, -0.1) is 0 Å². The molecule has 108 valence electrons. The van der Waals surface area contributed by atoms with E-state index >= 15 is 0 Å². The van der Waals surface area contributed by atoms with Gasteiger partial charge in [0, 0.05) is 37.0 Å². The molecule has 20 heavy (non-hydrogen) atoms. The van der Waals surface area contributed by atoms with Crippen LogP contribution in [0.4, 0.5) is 4.39 Å². The van der Waals surface area contributed by atoms with E-state index in [1.165, 1.54) is 6.07 Å². The Morgan fingerprint density at radius 1 is 1.40 bits per heavy atom. The predicted octanol–water partition coefficient (Wildman–Crippen LogP) is 2.46. The average molecular weight is 298 g/mol. The first-order chi connectivity index (χ1) is 9.70. The molecule has 0 unspecified atom stereocenters. The van der Waals surface area contributed by atoms with Crippen molar-refractivity contribution < 1.29 is 9.13 Å². The first kappa shape index (κ1) is 15.0. The van der Waals surface area contributed by atoms with Gasteiger partial charge in [-0.25, -0.2) is 4.39 Å². The SMILES string of the molecule is COCCNCc1ccnn1Cc1ccc(Cl)cc1F. The lowest BCUT2D eigenvalue weighted by molar-refractivity contribution is 0.199. The normalized spacial score (nSPS) is 10.9. The van der Waals surface area contributed by atoms with Gasteiger partial charge in [-0.1, -0.05) is 17.7 Å². The van der Waals surface area contributed by atoms with Crippen LogP contribution in [0.25, 0.3) is 0 Å². The second-order valence-corrected chi connectivity index (χ2v) is 4.82. The molecule has 0 bridgehead atoms. The molecule has 0 spiro atoms. The molecule has 0 saturated heterocycles. The molecule has 0 radical (unpaired) electrons. The minimum Gasteiger partial charge on any atom is -0.383 e. The van der Waals surface area contributed by atoms with Gasteiger partial charge in [0.2, 0.25) is 0 Å². The quantitative estimate of drug-likeness (QED) is 0.798. The lowest BCUT2D eigenvalue weighted by atomic mass is 10.2. The fourth-order valence-electron chi connectivity index (χ4n) is 1.85. The molecular formula is C14H17ClFN3O. The highest BCUT2D eigenvalue weighted by atomic mass is 35.5. The van der Waals surface area contributed by atoms with Crippen molar-refractivity contribution in [3.63, 3.8) is 0 Å². The van der Waals surface area contributed by atoms with Crippen molar-refractivity contribution in [3.05, 3.63) is 52.6 Å². The molecule has 6 heteroatoms. The van der Waals surface area contributed by atoms with Crippen molar-refractivity contribution in [2.45, 2.75) is 13.1 Å². The number of methoxy groups -OCH3 is 1. The van der Waals surface area contributed by atoms with E-state index in [0.29, 0.717) is 30.3 Å². The number of hydrogen-bond acceptors (Lipinski definition) is 3. The van der Waals surface area contributed by atoms with E-state index in [0.717, 1.165) is 12.2 Å². The topological polar surface area (TPSA) is 39.1 Å². The summed E-state index contributed by atoms with van der Waals surface area (Å²) in [6, 6.07) is 6.59. The molecular weight excluding hydrogens is 281 g/mol. The maximum Gasteiger partial charge on any atom is 0.129 e. The molecule has 0 aliphatic carbocycles. The van der Waals surface area contributed by atoms with Gasteiger partial charge in [-0.2, -0.15) is 5.10 Å². The van der Waals surface area contributed by atoms with E-state index in [-0.39, 0.29) is 5.82 Å². The number of nitrogens with zero attached hydrogens (tertiary/aromatic N) is 2. The van der Waals surface area contributed by atoms with Crippen LogP contribution >= 0.6 is 11.6 Å². The van der Waals surface area contributed by atoms with Crippen molar-refractivity contribution >= 4 is 11.6 Å². The third kappa shape index (κ3) is 4.03. The molecule has 1 N–H and O–H groups in total. The van der Waals surface area contributed by atoms with E-state index in [4.69, 9.17) is 16.3 Å². The summed E-state index contributed by atoms with van der Waals surface area (Å²) in [5.41, 5.74) is 1.56. The third-order valence-electron chi connectivity index (χ3n) is 2.93. The zero-order chi connectivity index (χ0) is 14.4. The highest BCUT2D eigenvalue weighted by Crippen LogP contribution is 2.16. The molecule has 0 amide bonds. The van der Waals surface area contributed by atoms with Crippen LogP contribution < -0.4 is 5.32 Å². The van der Waals surface area contributed by atoms with Gasteiger partial charge in [0.15, 0.2) is 0 Å². The van der Waals surface area contributed by atoms with Crippen LogP contribution in [0.3, 0.4) is 0 Å². The number of aromatic nitrogens is 2. The summed E-state index contributed by atoms with van der Waals surface area (Å²) in [5.74, 6) is -0.314. The summed E-state index contributed by atoms with van der Waals surface area (Å²) in [7, 11) is 1.66. The average Bonchev–Trinajstić information content (AvgIpc) is 2.85. The van der Waals surface area contributed by atoms with Crippen molar-refractivity contribution in [1.82, 2.24) is 15.1 Å². The second kappa shape index (κ2) is 7.38. The second-order valence-electron chi connectivity index (χ2n) is 4.39. The van der Waals surface area contributed by atoms with E-state index in [2.05, 4.69) is 10.4 Å². The molecule has 1 aromatic carbocycles. The molecule has 4 nitrogen and oxygen atoms in total. The molecule has 0 aliphatic rings. The number of halogens is 2. The molecule has 1 heterocycles. The highest BCUT2D eigenvalue weighted by Gasteiger charge is 2.07. The Kier molecular flexibility index (Phi) is 5.52.